The van der Waals surface area contributed by atoms with Crippen molar-refractivity contribution in [2.24, 2.45) is 0 Å². The Balaban J connectivity index is 1.47. The molecule has 1 N–H and O–H groups in total. The molecular formula is C28H26N4O3S. The van der Waals surface area contributed by atoms with Crippen LogP contribution in [0.15, 0.2) is 72.2 Å². The van der Waals surface area contributed by atoms with Crippen molar-refractivity contribution in [2.75, 3.05) is 10.2 Å². The molecule has 0 radical (unpaired) electrons. The average Bonchev–Trinajstić information content (AvgIpc) is 3.40. The number of thiazole rings is 1. The number of anilines is 2. The zero-order valence-electron chi connectivity index (χ0n) is 20.3. The lowest BCUT2D eigenvalue weighted by Crippen LogP contribution is -2.53. The van der Waals surface area contributed by atoms with Crippen molar-refractivity contribution in [3.05, 3.63) is 77.8 Å². The van der Waals surface area contributed by atoms with E-state index < -0.39 is 12.1 Å². The minimum atomic E-state index is -0.745. The number of nitrogens with zero attached hydrogens (tertiary/aromatic N) is 3. The van der Waals surface area contributed by atoms with Crippen LogP contribution in [0.5, 0.6) is 5.75 Å². The molecule has 1 aliphatic heterocycles. The number of benzene rings is 2. The molecule has 0 saturated heterocycles. The van der Waals surface area contributed by atoms with Gasteiger partial charge in [-0.1, -0.05) is 30.7 Å². The van der Waals surface area contributed by atoms with Crippen LogP contribution in [0.3, 0.4) is 0 Å². The average molecular weight is 499 g/mol. The normalized spacial score (nSPS) is 15.7. The minimum absolute atomic E-state index is 0.235. The number of pyridine rings is 1. The van der Waals surface area contributed by atoms with Gasteiger partial charge in [-0.15, -0.1) is 11.3 Å². The topological polar surface area (TPSA) is 84.4 Å². The van der Waals surface area contributed by atoms with E-state index in [0.717, 1.165) is 27.5 Å². The minimum Gasteiger partial charge on any atom is -0.478 e. The van der Waals surface area contributed by atoms with Gasteiger partial charge in [0.05, 0.1) is 17.1 Å². The molecule has 3 heterocycles. The number of fused-ring (bicyclic) bond motifs is 1. The van der Waals surface area contributed by atoms with E-state index in [1.54, 1.807) is 18.0 Å². The van der Waals surface area contributed by atoms with Gasteiger partial charge in [0.15, 0.2) is 6.10 Å². The SMILES string of the molecule is CCC1Oc2ccc(-c3csc(-c4ccccn4)n3)cc2N(C(C)C(=O)Nc2ccc(C)cc2)C1=O. The highest BCUT2D eigenvalue weighted by molar-refractivity contribution is 7.13. The molecule has 2 aromatic carbocycles. The van der Waals surface area contributed by atoms with Gasteiger partial charge in [-0.05, 0) is 62.7 Å². The highest BCUT2D eigenvalue weighted by Gasteiger charge is 2.38. The second-order valence-electron chi connectivity index (χ2n) is 8.69. The lowest BCUT2D eigenvalue weighted by atomic mass is 10.0. The number of carbonyl (C=O) groups excluding carboxylic acids is 2. The Morgan fingerprint density at radius 1 is 1.14 bits per heavy atom. The fraction of sp³-hybridized carbons (Fsp3) is 0.214. The number of aromatic nitrogens is 2. The summed E-state index contributed by atoms with van der Waals surface area (Å²) >= 11 is 1.50. The smallest absolute Gasteiger partial charge is 0.268 e. The lowest BCUT2D eigenvalue weighted by Gasteiger charge is -2.37. The first kappa shape index (κ1) is 23.7. The number of rotatable bonds is 6. The maximum Gasteiger partial charge on any atom is 0.268 e. The Hall–Kier alpha value is -4.04. The van der Waals surface area contributed by atoms with E-state index >= 15 is 0 Å². The highest BCUT2D eigenvalue weighted by atomic mass is 32.1. The number of hydrogen-bond donors (Lipinski definition) is 1. The first-order valence-electron chi connectivity index (χ1n) is 11.8. The van der Waals surface area contributed by atoms with Crippen LogP contribution in [0.4, 0.5) is 11.4 Å². The van der Waals surface area contributed by atoms with Crippen LogP contribution in [0, 0.1) is 6.92 Å². The van der Waals surface area contributed by atoms with Gasteiger partial charge in [-0.2, -0.15) is 0 Å². The van der Waals surface area contributed by atoms with E-state index in [1.165, 1.54) is 11.3 Å². The number of amides is 2. The molecular weight excluding hydrogens is 472 g/mol. The van der Waals surface area contributed by atoms with Crippen LogP contribution < -0.4 is 15.0 Å². The molecule has 8 heteroatoms. The summed E-state index contributed by atoms with van der Waals surface area (Å²) in [4.78, 5) is 37.3. The molecule has 1 aliphatic rings. The third kappa shape index (κ3) is 4.59. The Bertz CT molecular complexity index is 1400. The number of carbonyl (C=O) groups is 2. The van der Waals surface area contributed by atoms with E-state index in [1.807, 2.05) is 79.9 Å². The summed E-state index contributed by atoms with van der Waals surface area (Å²) in [5, 5.41) is 5.70. The van der Waals surface area contributed by atoms with Crippen LogP contribution in [-0.2, 0) is 9.59 Å². The van der Waals surface area contributed by atoms with Crippen molar-refractivity contribution >= 4 is 34.5 Å². The maximum absolute atomic E-state index is 13.4. The largest absolute Gasteiger partial charge is 0.478 e. The van der Waals surface area contributed by atoms with E-state index in [-0.39, 0.29) is 11.8 Å². The Labute approximate surface area is 213 Å². The van der Waals surface area contributed by atoms with E-state index in [0.29, 0.717) is 23.5 Å². The second kappa shape index (κ2) is 9.91. The molecule has 0 aliphatic carbocycles. The second-order valence-corrected chi connectivity index (χ2v) is 9.55. The summed E-state index contributed by atoms with van der Waals surface area (Å²) < 4.78 is 6.00. The summed E-state index contributed by atoms with van der Waals surface area (Å²) in [6, 6.07) is 18.2. The third-order valence-electron chi connectivity index (χ3n) is 6.14. The number of hydrogen-bond acceptors (Lipinski definition) is 6. The van der Waals surface area contributed by atoms with Gasteiger partial charge in [-0.3, -0.25) is 19.5 Å². The highest BCUT2D eigenvalue weighted by Crippen LogP contribution is 2.40. The molecule has 4 aromatic rings. The van der Waals surface area contributed by atoms with Gasteiger partial charge < -0.3 is 10.1 Å². The molecule has 5 rings (SSSR count). The molecule has 2 unspecified atom stereocenters. The summed E-state index contributed by atoms with van der Waals surface area (Å²) in [5.41, 5.74) is 4.74. The van der Waals surface area contributed by atoms with E-state index in [9.17, 15) is 9.59 Å². The summed E-state index contributed by atoms with van der Waals surface area (Å²) in [6.45, 7) is 5.62. The van der Waals surface area contributed by atoms with Crippen LogP contribution >= 0.6 is 11.3 Å². The van der Waals surface area contributed by atoms with Crippen LogP contribution in [-0.4, -0.2) is 33.9 Å². The third-order valence-corrected chi connectivity index (χ3v) is 7.01. The molecule has 0 bridgehead atoms. The first-order valence-corrected chi connectivity index (χ1v) is 12.7. The van der Waals surface area contributed by atoms with Crippen LogP contribution in [0.1, 0.15) is 25.8 Å². The molecule has 2 atom stereocenters. The van der Waals surface area contributed by atoms with Gasteiger partial charge in [0, 0.05) is 22.8 Å². The fourth-order valence-electron chi connectivity index (χ4n) is 4.11. The van der Waals surface area contributed by atoms with Crippen molar-refractivity contribution in [2.45, 2.75) is 39.3 Å². The summed E-state index contributed by atoms with van der Waals surface area (Å²) in [6.07, 6.45) is 1.60. The summed E-state index contributed by atoms with van der Waals surface area (Å²) in [7, 11) is 0. The van der Waals surface area contributed by atoms with Crippen LogP contribution in [0.25, 0.3) is 22.0 Å². The van der Waals surface area contributed by atoms with E-state index in [4.69, 9.17) is 9.72 Å². The standard InChI is InChI=1S/C28H26N4O3S/c1-4-24-28(34)32(18(3)26(33)30-20-11-8-17(2)9-12-20)23-15-19(10-13-25(23)35-24)22-16-36-27(31-22)21-7-5-6-14-29-21/h5-16,18,24H,4H2,1-3H3,(H,30,33). The van der Waals surface area contributed by atoms with Crippen molar-refractivity contribution in [3.8, 4) is 27.7 Å². The maximum atomic E-state index is 13.4. The van der Waals surface area contributed by atoms with Gasteiger partial charge in [-0.25, -0.2) is 4.98 Å². The molecule has 2 amide bonds. The first-order chi connectivity index (χ1) is 17.4. The van der Waals surface area contributed by atoms with E-state index in [2.05, 4.69) is 10.3 Å². The molecule has 2 aromatic heterocycles. The Morgan fingerprint density at radius 3 is 2.67 bits per heavy atom. The van der Waals surface area contributed by atoms with Crippen molar-refractivity contribution < 1.29 is 14.3 Å². The predicted octanol–water partition coefficient (Wildman–Crippen LogP) is 5.71. The van der Waals surface area contributed by atoms with Crippen LogP contribution in [0.2, 0.25) is 0 Å². The monoisotopic (exact) mass is 498 g/mol. The van der Waals surface area contributed by atoms with Gasteiger partial charge >= 0.3 is 0 Å². The lowest BCUT2D eigenvalue weighted by molar-refractivity contribution is -0.129. The molecule has 0 spiro atoms. The molecule has 0 saturated carbocycles. The zero-order valence-corrected chi connectivity index (χ0v) is 21.1. The Morgan fingerprint density at radius 2 is 1.94 bits per heavy atom. The van der Waals surface area contributed by atoms with Crippen molar-refractivity contribution in [3.63, 3.8) is 0 Å². The number of ether oxygens (including phenoxy) is 1. The van der Waals surface area contributed by atoms with Crippen molar-refractivity contribution in [1.29, 1.82) is 0 Å². The van der Waals surface area contributed by atoms with Gasteiger partial charge in [0.1, 0.15) is 16.8 Å². The fourth-order valence-corrected chi connectivity index (χ4v) is 4.92. The molecule has 7 nitrogen and oxygen atoms in total. The molecule has 0 fully saturated rings. The molecule has 182 valence electrons. The predicted molar refractivity (Wildman–Crippen MR) is 142 cm³/mol. The quantitative estimate of drug-likeness (QED) is 0.368. The summed E-state index contributed by atoms with van der Waals surface area (Å²) in [5.74, 6) is 0.0629. The number of nitrogens with one attached hydrogen (secondary N) is 1. The Kier molecular flexibility index (Phi) is 6.52. The van der Waals surface area contributed by atoms with Crippen molar-refractivity contribution in [1.82, 2.24) is 9.97 Å². The zero-order chi connectivity index (χ0) is 25.2. The van der Waals surface area contributed by atoms with Gasteiger partial charge in [0.2, 0.25) is 5.91 Å². The van der Waals surface area contributed by atoms with Gasteiger partial charge in [0.25, 0.3) is 5.91 Å². The number of aryl methyl sites for hydroxylation is 1. The molecule has 36 heavy (non-hydrogen) atoms.